The van der Waals surface area contributed by atoms with Crippen molar-refractivity contribution in [1.82, 2.24) is 15.5 Å². The van der Waals surface area contributed by atoms with Crippen LogP contribution in [0.5, 0.6) is 0 Å². The molecule has 148 valence electrons. The van der Waals surface area contributed by atoms with Crippen molar-refractivity contribution in [1.29, 1.82) is 0 Å². The van der Waals surface area contributed by atoms with E-state index >= 15 is 0 Å². The second kappa shape index (κ2) is 8.21. The lowest BCUT2D eigenvalue weighted by Gasteiger charge is -2.25. The molecule has 0 unspecified atom stereocenters. The molecule has 1 aromatic carbocycles. The zero-order chi connectivity index (χ0) is 20.2. The lowest BCUT2D eigenvalue weighted by atomic mass is 9.79. The molecule has 0 radical (unpaired) electrons. The van der Waals surface area contributed by atoms with Gasteiger partial charge in [0.25, 0.3) is 0 Å². The molecule has 0 aliphatic heterocycles. The third kappa shape index (κ3) is 5.89. The Morgan fingerprint density at radius 3 is 2.15 bits per heavy atom. The number of nitrogens with one attached hydrogen (secondary N) is 1. The molecule has 0 atom stereocenters. The van der Waals surface area contributed by atoms with Crippen LogP contribution in [0.4, 0.5) is 0 Å². The predicted octanol–water partition coefficient (Wildman–Crippen LogP) is 3.98. The number of nitrogens with zero attached hydrogens (tertiary/aromatic N) is 2. The van der Waals surface area contributed by atoms with Crippen LogP contribution in [-0.4, -0.2) is 29.3 Å². The van der Waals surface area contributed by atoms with Gasteiger partial charge in [-0.05, 0) is 41.0 Å². The van der Waals surface area contributed by atoms with E-state index in [0.717, 1.165) is 5.56 Å². The standard InChI is InChI=1S/C21H31N3O3/c1-8-26-18(25)13-22-12-17-23-24-19(27-17)14-9-15(20(2,3)4)11-16(10-14)21(5,6)7/h9-11,22H,8,12-13H2,1-7H3. The van der Waals surface area contributed by atoms with Gasteiger partial charge in [-0.1, -0.05) is 47.6 Å². The maximum atomic E-state index is 11.4. The van der Waals surface area contributed by atoms with E-state index in [2.05, 4.69) is 75.3 Å². The highest BCUT2D eigenvalue weighted by atomic mass is 16.5. The Morgan fingerprint density at radius 2 is 1.63 bits per heavy atom. The van der Waals surface area contributed by atoms with Crippen molar-refractivity contribution in [2.75, 3.05) is 13.2 Å². The number of carbonyl (C=O) groups excluding carboxylic acids is 1. The van der Waals surface area contributed by atoms with Gasteiger partial charge in [0, 0.05) is 5.56 Å². The van der Waals surface area contributed by atoms with E-state index in [-0.39, 0.29) is 23.3 Å². The maximum absolute atomic E-state index is 11.4. The summed E-state index contributed by atoms with van der Waals surface area (Å²) in [5, 5.41) is 11.2. The number of hydrogen-bond acceptors (Lipinski definition) is 6. The van der Waals surface area contributed by atoms with Crippen molar-refractivity contribution in [2.24, 2.45) is 0 Å². The van der Waals surface area contributed by atoms with E-state index < -0.39 is 0 Å². The Morgan fingerprint density at radius 1 is 1.04 bits per heavy atom. The fraction of sp³-hybridized carbons (Fsp3) is 0.571. The van der Waals surface area contributed by atoms with Crippen LogP contribution < -0.4 is 5.32 Å². The van der Waals surface area contributed by atoms with Crippen molar-refractivity contribution in [3.05, 3.63) is 35.2 Å². The summed E-state index contributed by atoms with van der Waals surface area (Å²) < 4.78 is 10.7. The topological polar surface area (TPSA) is 77.2 Å². The normalized spacial score (nSPS) is 12.3. The first-order valence-corrected chi connectivity index (χ1v) is 9.36. The minimum atomic E-state index is -0.301. The average molecular weight is 373 g/mol. The van der Waals surface area contributed by atoms with Gasteiger partial charge in [0.15, 0.2) is 0 Å². The first-order valence-electron chi connectivity index (χ1n) is 9.36. The number of hydrogen-bond donors (Lipinski definition) is 1. The Balaban J connectivity index is 2.23. The Bertz CT molecular complexity index is 750. The predicted molar refractivity (Wildman–Crippen MR) is 105 cm³/mol. The molecule has 0 fully saturated rings. The van der Waals surface area contributed by atoms with E-state index in [1.807, 2.05) is 0 Å². The van der Waals surface area contributed by atoms with Gasteiger partial charge in [-0.2, -0.15) is 0 Å². The van der Waals surface area contributed by atoms with Gasteiger partial charge in [0.05, 0.1) is 19.7 Å². The Labute approximate surface area is 161 Å². The highest BCUT2D eigenvalue weighted by molar-refractivity contribution is 5.71. The van der Waals surface area contributed by atoms with Crippen LogP contribution in [0.15, 0.2) is 22.6 Å². The van der Waals surface area contributed by atoms with Crippen molar-refractivity contribution in [3.63, 3.8) is 0 Å². The first kappa shape index (κ1) is 21.1. The van der Waals surface area contributed by atoms with Gasteiger partial charge >= 0.3 is 5.97 Å². The van der Waals surface area contributed by atoms with Crippen molar-refractivity contribution >= 4 is 5.97 Å². The minimum Gasteiger partial charge on any atom is -0.465 e. The van der Waals surface area contributed by atoms with Gasteiger partial charge in [0.2, 0.25) is 11.8 Å². The summed E-state index contributed by atoms with van der Waals surface area (Å²) in [5.74, 6) is 0.622. The summed E-state index contributed by atoms with van der Waals surface area (Å²) in [6, 6.07) is 6.47. The number of aromatic nitrogens is 2. The molecular formula is C21H31N3O3. The van der Waals surface area contributed by atoms with E-state index in [4.69, 9.17) is 9.15 Å². The van der Waals surface area contributed by atoms with Crippen molar-refractivity contribution in [3.8, 4) is 11.5 Å². The molecule has 27 heavy (non-hydrogen) atoms. The second-order valence-corrected chi connectivity index (χ2v) is 8.71. The largest absolute Gasteiger partial charge is 0.465 e. The highest BCUT2D eigenvalue weighted by Crippen LogP contribution is 2.33. The molecule has 1 heterocycles. The van der Waals surface area contributed by atoms with Gasteiger partial charge in [-0.25, -0.2) is 0 Å². The molecule has 0 saturated heterocycles. The molecular weight excluding hydrogens is 342 g/mol. The van der Waals surface area contributed by atoms with Crippen LogP contribution in [0.3, 0.4) is 0 Å². The highest BCUT2D eigenvalue weighted by Gasteiger charge is 2.22. The summed E-state index contributed by atoms with van der Waals surface area (Å²) >= 11 is 0. The summed E-state index contributed by atoms with van der Waals surface area (Å²) in [5.41, 5.74) is 3.40. The van der Waals surface area contributed by atoms with Crippen LogP contribution in [0.1, 0.15) is 65.5 Å². The number of carbonyl (C=O) groups is 1. The van der Waals surface area contributed by atoms with Gasteiger partial charge < -0.3 is 9.15 Å². The molecule has 0 spiro atoms. The number of ether oxygens (including phenoxy) is 1. The molecule has 2 aromatic rings. The SMILES string of the molecule is CCOC(=O)CNCc1nnc(-c2cc(C(C)(C)C)cc(C(C)(C)C)c2)o1. The van der Waals surface area contributed by atoms with E-state index in [1.165, 1.54) is 11.1 Å². The van der Waals surface area contributed by atoms with Gasteiger partial charge in [-0.3, -0.25) is 10.1 Å². The van der Waals surface area contributed by atoms with Crippen LogP contribution in [0.2, 0.25) is 0 Å². The molecule has 6 nitrogen and oxygen atoms in total. The fourth-order valence-corrected chi connectivity index (χ4v) is 2.54. The van der Waals surface area contributed by atoms with Crippen molar-refractivity contribution in [2.45, 2.75) is 65.8 Å². The van der Waals surface area contributed by atoms with E-state index in [0.29, 0.717) is 24.9 Å². The molecule has 0 aliphatic rings. The van der Waals surface area contributed by atoms with E-state index in [9.17, 15) is 4.79 Å². The van der Waals surface area contributed by atoms with Gasteiger partial charge in [0.1, 0.15) is 0 Å². The zero-order valence-electron chi connectivity index (χ0n) is 17.5. The van der Waals surface area contributed by atoms with Crippen LogP contribution in [0, 0.1) is 0 Å². The first-order chi connectivity index (χ1) is 12.5. The molecule has 0 saturated carbocycles. The van der Waals surface area contributed by atoms with Gasteiger partial charge in [-0.15, -0.1) is 10.2 Å². The number of rotatable bonds is 6. The number of esters is 1. The molecule has 1 aromatic heterocycles. The van der Waals surface area contributed by atoms with Crippen molar-refractivity contribution < 1.29 is 13.9 Å². The Kier molecular flexibility index (Phi) is 6.42. The lowest BCUT2D eigenvalue weighted by Crippen LogP contribution is -2.24. The summed E-state index contributed by atoms with van der Waals surface area (Å²) in [7, 11) is 0. The van der Waals surface area contributed by atoms with Crippen LogP contribution in [-0.2, 0) is 26.9 Å². The number of benzene rings is 1. The quantitative estimate of drug-likeness (QED) is 0.772. The summed E-state index contributed by atoms with van der Waals surface area (Å²) in [6.07, 6.45) is 0. The van der Waals surface area contributed by atoms with E-state index in [1.54, 1.807) is 6.92 Å². The second-order valence-electron chi connectivity index (χ2n) is 8.71. The smallest absolute Gasteiger partial charge is 0.319 e. The summed E-state index contributed by atoms with van der Waals surface area (Å²) in [4.78, 5) is 11.4. The molecule has 6 heteroatoms. The third-order valence-electron chi connectivity index (χ3n) is 4.23. The van der Waals surface area contributed by atoms with Crippen LogP contribution in [0.25, 0.3) is 11.5 Å². The summed E-state index contributed by atoms with van der Waals surface area (Å²) in [6.45, 7) is 15.7. The zero-order valence-corrected chi connectivity index (χ0v) is 17.5. The molecule has 0 aliphatic carbocycles. The Hall–Kier alpha value is -2.21. The monoisotopic (exact) mass is 373 g/mol. The lowest BCUT2D eigenvalue weighted by molar-refractivity contribution is -0.142. The maximum Gasteiger partial charge on any atom is 0.319 e. The molecule has 0 bridgehead atoms. The average Bonchev–Trinajstić information content (AvgIpc) is 3.02. The molecule has 1 N–H and O–H groups in total. The molecule has 2 rings (SSSR count). The fourth-order valence-electron chi connectivity index (χ4n) is 2.54. The molecule has 0 amide bonds. The third-order valence-corrected chi connectivity index (χ3v) is 4.23. The van der Waals surface area contributed by atoms with Crippen LogP contribution >= 0.6 is 0 Å². The minimum absolute atomic E-state index is 0.0139.